The molecule has 0 aromatic carbocycles. The molecule has 0 spiro atoms. The Morgan fingerprint density at radius 3 is 2.59 bits per heavy atom. The minimum absolute atomic E-state index is 0.386. The van der Waals surface area contributed by atoms with Crippen LogP contribution in [0, 0.1) is 5.92 Å². The van der Waals surface area contributed by atoms with Crippen LogP contribution in [0.15, 0.2) is 18.6 Å². The lowest BCUT2D eigenvalue weighted by Gasteiger charge is -2.22. The van der Waals surface area contributed by atoms with Crippen molar-refractivity contribution in [2.45, 2.75) is 31.7 Å². The number of ether oxygens (including phenoxy) is 2. The second-order valence-corrected chi connectivity index (χ2v) is 7.41. The zero-order valence-corrected chi connectivity index (χ0v) is 16.0. The minimum Gasteiger partial charge on any atom is -0.381 e. The van der Waals surface area contributed by atoms with Crippen LogP contribution in [0.3, 0.4) is 0 Å². The van der Waals surface area contributed by atoms with Crippen molar-refractivity contribution in [1.82, 2.24) is 19.7 Å². The molecule has 0 radical (unpaired) electrons. The van der Waals surface area contributed by atoms with Crippen LogP contribution in [0.4, 0.5) is 17.5 Å². The fourth-order valence-electron chi connectivity index (χ4n) is 3.42. The molecule has 2 aliphatic heterocycles. The van der Waals surface area contributed by atoms with Gasteiger partial charge in [0.15, 0.2) is 5.82 Å². The van der Waals surface area contributed by atoms with Crippen molar-refractivity contribution in [3.8, 4) is 0 Å². The molecular weight excluding hydrogens is 368 g/mol. The van der Waals surface area contributed by atoms with Gasteiger partial charge >= 0.3 is 0 Å². The normalized spacial score (nSPS) is 19.1. The zero-order valence-electron chi connectivity index (χ0n) is 15.2. The van der Waals surface area contributed by atoms with E-state index >= 15 is 0 Å². The van der Waals surface area contributed by atoms with Crippen LogP contribution < -0.4 is 10.6 Å². The van der Waals surface area contributed by atoms with Gasteiger partial charge < -0.3 is 20.1 Å². The molecule has 4 heterocycles. The number of nitrogens with zero attached hydrogens (tertiary/aromatic N) is 4. The molecule has 0 amide bonds. The van der Waals surface area contributed by atoms with Gasteiger partial charge in [0, 0.05) is 39.2 Å². The summed E-state index contributed by atoms with van der Waals surface area (Å²) >= 11 is 6.25. The van der Waals surface area contributed by atoms with Gasteiger partial charge in [0.05, 0.1) is 24.1 Å². The molecular formula is C18H25ClN6O2. The highest BCUT2D eigenvalue weighted by molar-refractivity contribution is 6.32. The van der Waals surface area contributed by atoms with Crippen molar-refractivity contribution in [3.05, 3.63) is 23.6 Å². The number of hydrogen-bond acceptors (Lipinski definition) is 7. The van der Waals surface area contributed by atoms with Crippen molar-refractivity contribution in [3.63, 3.8) is 0 Å². The summed E-state index contributed by atoms with van der Waals surface area (Å²) in [4.78, 5) is 8.80. The molecule has 2 fully saturated rings. The van der Waals surface area contributed by atoms with Gasteiger partial charge in [-0.25, -0.2) is 4.98 Å². The van der Waals surface area contributed by atoms with E-state index in [4.69, 9.17) is 21.1 Å². The maximum atomic E-state index is 6.25. The summed E-state index contributed by atoms with van der Waals surface area (Å²) in [5.41, 5.74) is 0.860. The summed E-state index contributed by atoms with van der Waals surface area (Å²) in [6.07, 6.45) is 9.49. The summed E-state index contributed by atoms with van der Waals surface area (Å²) < 4.78 is 12.8. The van der Waals surface area contributed by atoms with Gasteiger partial charge in [-0.2, -0.15) is 10.1 Å². The first-order chi connectivity index (χ1) is 13.3. The monoisotopic (exact) mass is 392 g/mol. The molecule has 0 unspecified atom stereocenters. The van der Waals surface area contributed by atoms with Gasteiger partial charge in [-0.1, -0.05) is 11.6 Å². The molecule has 27 heavy (non-hydrogen) atoms. The highest BCUT2D eigenvalue weighted by Gasteiger charge is 2.17. The third-order valence-corrected chi connectivity index (χ3v) is 5.34. The third kappa shape index (κ3) is 4.88. The lowest BCUT2D eigenvalue weighted by atomic mass is 10.0. The topological polar surface area (TPSA) is 86.1 Å². The first-order valence-corrected chi connectivity index (χ1v) is 9.89. The molecule has 2 aliphatic rings. The van der Waals surface area contributed by atoms with Crippen LogP contribution in [-0.4, -0.2) is 52.7 Å². The van der Waals surface area contributed by atoms with Crippen LogP contribution in [0.25, 0.3) is 0 Å². The zero-order chi connectivity index (χ0) is 18.5. The molecule has 0 saturated carbocycles. The molecule has 2 aromatic heterocycles. The lowest BCUT2D eigenvalue weighted by Crippen LogP contribution is -2.23. The number of anilines is 3. The van der Waals surface area contributed by atoms with Gasteiger partial charge in [-0.15, -0.1) is 0 Å². The number of hydrogen-bond donors (Lipinski definition) is 2. The SMILES string of the molecule is Clc1cnc(Nc2cnn(C3CCOCC3)c2)nc1NCC1CCOCC1. The maximum absolute atomic E-state index is 6.25. The van der Waals surface area contributed by atoms with Crippen LogP contribution >= 0.6 is 11.6 Å². The smallest absolute Gasteiger partial charge is 0.229 e. The van der Waals surface area contributed by atoms with E-state index in [2.05, 4.69) is 25.7 Å². The standard InChI is InChI=1S/C18H25ClN6O2/c19-16-11-21-18(24-17(16)20-9-13-1-5-26-6-2-13)23-14-10-22-25(12-14)15-3-7-27-8-4-15/h10-13,15H,1-9H2,(H2,20,21,23,24). The molecule has 2 saturated heterocycles. The van der Waals surface area contributed by atoms with Gasteiger partial charge in [0.25, 0.3) is 0 Å². The number of nitrogens with one attached hydrogen (secondary N) is 2. The Labute approximate surface area is 163 Å². The Balaban J connectivity index is 1.38. The summed E-state index contributed by atoms with van der Waals surface area (Å²) in [6.45, 7) is 4.06. The number of halogens is 1. The largest absolute Gasteiger partial charge is 0.381 e. The molecule has 0 aliphatic carbocycles. The van der Waals surface area contributed by atoms with E-state index in [1.807, 2.05) is 10.9 Å². The molecule has 146 valence electrons. The van der Waals surface area contributed by atoms with Gasteiger partial charge in [-0.3, -0.25) is 4.68 Å². The summed E-state index contributed by atoms with van der Waals surface area (Å²) in [6, 6.07) is 0.386. The van der Waals surface area contributed by atoms with Gasteiger partial charge in [0.1, 0.15) is 5.02 Å². The molecule has 2 N–H and O–H groups in total. The van der Waals surface area contributed by atoms with E-state index in [1.165, 1.54) is 0 Å². The van der Waals surface area contributed by atoms with E-state index in [0.29, 0.717) is 28.7 Å². The quantitative estimate of drug-likeness (QED) is 0.780. The molecule has 4 rings (SSSR count). The predicted octanol–water partition coefficient (Wildman–Crippen LogP) is 3.26. The van der Waals surface area contributed by atoms with E-state index in [1.54, 1.807) is 12.4 Å². The Morgan fingerprint density at radius 2 is 1.81 bits per heavy atom. The molecule has 0 atom stereocenters. The first kappa shape index (κ1) is 18.5. The van der Waals surface area contributed by atoms with E-state index < -0.39 is 0 Å². The summed E-state index contributed by atoms with van der Waals surface area (Å²) in [5.74, 6) is 1.73. The lowest BCUT2D eigenvalue weighted by molar-refractivity contribution is 0.0662. The highest BCUT2D eigenvalue weighted by atomic mass is 35.5. The first-order valence-electron chi connectivity index (χ1n) is 9.51. The number of aromatic nitrogens is 4. The maximum Gasteiger partial charge on any atom is 0.229 e. The Bertz CT molecular complexity index is 743. The van der Waals surface area contributed by atoms with Crippen molar-refractivity contribution in [2.24, 2.45) is 5.92 Å². The molecule has 8 nitrogen and oxygen atoms in total. The van der Waals surface area contributed by atoms with Crippen LogP contribution in [0.5, 0.6) is 0 Å². The highest BCUT2D eigenvalue weighted by Crippen LogP contribution is 2.25. The minimum atomic E-state index is 0.386. The average Bonchev–Trinajstić information content (AvgIpc) is 3.18. The van der Waals surface area contributed by atoms with Crippen molar-refractivity contribution < 1.29 is 9.47 Å². The van der Waals surface area contributed by atoms with Crippen LogP contribution in [0.1, 0.15) is 31.7 Å². The van der Waals surface area contributed by atoms with E-state index in [-0.39, 0.29) is 0 Å². The summed E-state index contributed by atoms with van der Waals surface area (Å²) in [5, 5.41) is 11.5. The fourth-order valence-corrected chi connectivity index (χ4v) is 3.58. The predicted molar refractivity (Wildman–Crippen MR) is 104 cm³/mol. The molecule has 0 bridgehead atoms. The fraction of sp³-hybridized carbons (Fsp3) is 0.611. The van der Waals surface area contributed by atoms with E-state index in [9.17, 15) is 0 Å². The third-order valence-electron chi connectivity index (χ3n) is 5.07. The van der Waals surface area contributed by atoms with E-state index in [0.717, 1.165) is 64.3 Å². The molecule has 2 aromatic rings. The average molecular weight is 393 g/mol. The number of rotatable bonds is 6. The van der Waals surface area contributed by atoms with Gasteiger partial charge in [-0.05, 0) is 31.6 Å². The van der Waals surface area contributed by atoms with Gasteiger partial charge in [0.2, 0.25) is 5.95 Å². The van der Waals surface area contributed by atoms with Crippen molar-refractivity contribution in [2.75, 3.05) is 43.6 Å². The van der Waals surface area contributed by atoms with Crippen LogP contribution in [-0.2, 0) is 9.47 Å². The Kier molecular flexibility index (Phi) is 6.06. The van der Waals surface area contributed by atoms with Crippen molar-refractivity contribution in [1.29, 1.82) is 0 Å². The Morgan fingerprint density at radius 1 is 1.07 bits per heavy atom. The van der Waals surface area contributed by atoms with Crippen molar-refractivity contribution >= 4 is 29.1 Å². The second-order valence-electron chi connectivity index (χ2n) is 7.00. The second kappa shape index (κ2) is 8.86. The Hall–Kier alpha value is -1.90. The molecule has 9 heteroatoms. The van der Waals surface area contributed by atoms with Crippen LogP contribution in [0.2, 0.25) is 5.02 Å². The summed E-state index contributed by atoms with van der Waals surface area (Å²) in [7, 11) is 0.